The normalized spacial score (nSPS) is 17.8. The predicted octanol–water partition coefficient (Wildman–Crippen LogP) is 2.77. The highest BCUT2D eigenvalue weighted by Gasteiger charge is 2.14. The number of nitrogens with two attached hydrogens (primary N) is 1. The molecule has 0 bridgehead atoms. The van der Waals surface area contributed by atoms with Gasteiger partial charge in [-0.3, -0.25) is 5.41 Å². The average molecular weight is 200 g/mol. The summed E-state index contributed by atoms with van der Waals surface area (Å²) in [5, 5.41) is 8.01. The second kappa shape index (κ2) is 6.30. The maximum atomic E-state index is 7.07. The third-order valence-corrected chi connectivity index (χ3v) is 3.96. The predicted molar refractivity (Wildman–Crippen MR) is 60.5 cm³/mol. The second-order valence-electron chi connectivity index (χ2n) is 3.76. The average Bonchev–Trinajstić information content (AvgIpc) is 2.55. The number of hydrogen-bond donors (Lipinski definition) is 2. The van der Waals surface area contributed by atoms with Crippen LogP contribution in [0.25, 0.3) is 0 Å². The topological polar surface area (TPSA) is 49.9 Å². The van der Waals surface area contributed by atoms with Gasteiger partial charge in [-0.05, 0) is 31.4 Å². The van der Waals surface area contributed by atoms with Gasteiger partial charge in [-0.25, -0.2) is 0 Å². The van der Waals surface area contributed by atoms with Crippen molar-refractivity contribution in [2.75, 3.05) is 5.75 Å². The molecule has 0 heterocycles. The standard InChI is InChI=1S/C10H20N2S/c11-10(12)7-3-4-8-13-9-5-1-2-6-9/h9H,1-8H2,(H3,11,12). The summed E-state index contributed by atoms with van der Waals surface area (Å²) in [4.78, 5) is 0. The summed E-state index contributed by atoms with van der Waals surface area (Å²) >= 11 is 2.12. The molecule has 0 amide bonds. The number of amidine groups is 1. The van der Waals surface area contributed by atoms with E-state index in [0.29, 0.717) is 5.84 Å². The fourth-order valence-corrected chi connectivity index (χ4v) is 3.09. The zero-order valence-corrected chi connectivity index (χ0v) is 9.04. The molecule has 0 aliphatic heterocycles. The van der Waals surface area contributed by atoms with E-state index < -0.39 is 0 Å². The van der Waals surface area contributed by atoms with Crippen LogP contribution in [0.3, 0.4) is 0 Å². The molecule has 0 atom stereocenters. The summed E-state index contributed by atoms with van der Waals surface area (Å²) in [6.45, 7) is 0. The van der Waals surface area contributed by atoms with Crippen molar-refractivity contribution < 1.29 is 0 Å². The zero-order valence-electron chi connectivity index (χ0n) is 8.22. The SMILES string of the molecule is N=C(N)CCCCSC1CCCC1. The molecule has 1 aliphatic rings. The van der Waals surface area contributed by atoms with E-state index in [1.54, 1.807) is 0 Å². The molecule has 1 aliphatic carbocycles. The molecular formula is C10H20N2S. The molecule has 13 heavy (non-hydrogen) atoms. The summed E-state index contributed by atoms with van der Waals surface area (Å²) in [6.07, 6.45) is 8.83. The van der Waals surface area contributed by atoms with Crippen LogP contribution in [-0.2, 0) is 0 Å². The van der Waals surface area contributed by atoms with Gasteiger partial charge in [0.15, 0.2) is 0 Å². The first-order valence-corrected chi connectivity index (χ1v) is 6.28. The van der Waals surface area contributed by atoms with Crippen LogP contribution in [0.5, 0.6) is 0 Å². The Bertz CT molecular complexity index is 153. The Balaban J connectivity index is 1.86. The van der Waals surface area contributed by atoms with Gasteiger partial charge in [-0.15, -0.1) is 0 Å². The molecule has 0 radical (unpaired) electrons. The van der Waals surface area contributed by atoms with Crippen molar-refractivity contribution in [1.29, 1.82) is 5.41 Å². The molecule has 0 aromatic rings. The molecule has 3 N–H and O–H groups in total. The van der Waals surface area contributed by atoms with Crippen LogP contribution in [-0.4, -0.2) is 16.8 Å². The van der Waals surface area contributed by atoms with Gasteiger partial charge in [0.2, 0.25) is 0 Å². The minimum atomic E-state index is 0.339. The first kappa shape index (κ1) is 10.9. The highest BCUT2D eigenvalue weighted by Crippen LogP contribution is 2.29. The molecule has 1 saturated carbocycles. The molecule has 0 unspecified atom stereocenters. The molecule has 76 valence electrons. The van der Waals surface area contributed by atoms with Gasteiger partial charge in [0.1, 0.15) is 0 Å². The molecule has 0 saturated heterocycles. The van der Waals surface area contributed by atoms with Crippen LogP contribution in [0.2, 0.25) is 0 Å². The van der Waals surface area contributed by atoms with Crippen molar-refractivity contribution in [1.82, 2.24) is 0 Å². The van der Waals surface area contributed by atoms with E-state index in [-0.39, 0.29) is 0 Å². The smallest absolute Gasteiger partial charge is 0.0905 e. The van der Waals surface area contributed by atoms with Gasteiger partial charge in [0.05, 0.1) is 5.84 Å². The van der Waals surface area contributed by atoms with Crippen LogP contribution >= 0.6 is 11.8 Å². The highest BCUT2D eigenvalue weighted by molar-refractivity contribution is 7.99. The Hall–Kier alpha value is -0.180. The fourth-order valence-electron chi connectivity index (χ4n) is 1.72. The maximum absolute atomic E-state index is 7.07. The number of unbranched alkanes of at least 4 members (excludes halogenated alkanes) is 1. The van der Waals surface area contributed by atoms with Crippen LogP contribution in [0.15, 0.2) is 0 Å². The van der Waals surface area contributed by atoms with Crippen molar-refractivity contribution in [2.45, 2.75) is 50.2 Å². The van der Waals surface area contributed by atoms with E-state index in [2.05, 4.69) is 11.8 Å². The lowest BCUT2D eigenvalue weighted by Crippen LogP contribution is -2.08. The first-order chi connectivity index (χ1) is 6.29. The van der Waals surface area contributed by atoms with Crippen molar-refractivity contribution in [3.63, 3.8) is 0 Å². The van der Waals surface area contributed by atoms with Gasteiger partial charge in [0, 0.05) is 11.7 Å². The van der Waals surface area contributed by atoms with Crippen LogP contribution in [0, 0.1) is 5.41 Å². The Morgan fingerprint density at radius 2 is 2.00 bits per heavy atom. The molecule has 1 rings (SSSR count). The summed E-state index contributed by atoms with van der Waals surface area (Å²) in [7, 11) is 0. The number of rotatable bonds is 6. The minimum absolute atomic E-state index is 0.339. The summed E-state index contributed by atoms with van der Waals surface area (Å²) in [5.41, 5.74) is 5.27. The summed E-state index contributed by atoms with van der Waals surface area (Å²) in [5.74, 6) is 1.60. The quantitative estimate of drug-likeness (QED) is 0.393. The van der Waals surface area contributed by atoms with Crippen LogP contribution < -0.4 is 5.73 Å². The van der Waals surface area contributed by atoms with Crippen LogP contribution in [0.1, 0.15) is 44.9 Å². The van der Waals surface area contributed by atoms with E-state index in [1.807, 2.05) is 0 Å². The Morgan fingerprint density at radius 1 is 1.31 bits per heavy atom. The van der Waals surface area contributed by atoms with E-state index in [0.717, 1.165) is 18.1 Å². The van der Waals surface area contributed by atoms with E-state index in [9.17, 15) is 0 Å². The van der Waals surface area contributed by atoms with Crippen molar-refractivity contribution in [3.05, 3.63) is 0 Å². The fraction of sp³-hybridized carbons (Fsp3) is 0.900. The van der Waals surface area contributed by atoms with Gasteiger partial charge >= 0.3 is 0 Å². The van der Waals surface area contributed by atoms with Crippen molar-refractivity contribution >= 4 is 17.6 Å². The Labute approximate surface area is 85.2 Å². The number of hydrogen-bond acceptors (Lipinski definition) is 2. The van der Waals surface area contributed by atoms with Crippen molar-refractivity contribution in [2.24, 2.45) is 5.73 Å². The van der Waals surface area contributed by atoms with Crippen molar-refractivity contribution in [3.8, 4) is 0 Å². The third-order valence-electron chi connectivity index (χ3n) is 2.50. The van der Waals surface area contributed by atoms with Gasteiger partial charge in [-0.1, -0.05) is 12.8 Å². The van der Waals surface area contributed by atoms with Gasteiger partial charge in [0.25, 0.3) is 0 Å². The van der Waals surface area contributed by atoms with E-state index >= 15 is 0 Å². The Kier molecular flexibility index (Phi) is 5.28. The lowest BCUT2D eigenvalue weighted by molar-refractivity contribution is 0.829. The maximum Gasteiger partial charge on any atom is 0.0905 e. The molecule has 1 fully saturated rings. The number of nitrogens with one attached hydrogen (secondary N) is 1. The number of thioether (sulfide) groups is 1. The Morgan fingerprint density at radius 3 is 2.62 bits per heavy atom. The molecular weight excluding hydrogens is 180 g/mol. The second-order valence-corrected chi connectivity index (χ2v) is 5.17. The van der Waals surface area contributed by atoms with Gasteiger partial charge < -0.3 is 5.73 Å². The molecule has 0 spiro atoms. The highest BCUT2D eigenvalue weighted by atomic mass is 32.2. The molecule has 0 aromatic carbocycles. The summed E-state index contributed by atoms with van der Waals surface area (Å²) < 4.78 is 0. The lowest BCUT2D eigenvalue weighted by atomic mass is 10.2. The zero-order chi connectivity index (χ0) is 9.52. The largest absolute Gasteiger partial charge is 0.388 e. The monoisotopic (exact) mass is 200 g/mol. The first-order valence-electron chi connectivity index (χ1n) is 5.23. The molecule has 2 nitrogen and oxygen atoms in total. The van der Waals surface area contributed by atoms with Gasteiger partial charge in [-0.2, -0.15) is 11.8 Å². The van der Waals surface area contributed by atoms with Crippen LogP contribution in [0.4, 0.5) is 0 Å². The third kappa shape index (κ3) is 5.19. The molecule has 3 heteroatoms. The minimum Gasteiger partial charge on any atom is -0.388 e. The summed E-state index contributed by atoms with van der Waals surface area (Å²) in [6, 6.07) is 0. The van der Waals surface area contributed by atoms with E-state index in [1.165, 1.54) is 37.9 Å². The molecule has 0 aromatic heterocycles. The van der Waals surface area contributed by atoms with E-state index in [4.69, 9.17) is 11.1 Å². The lowest BCUT2D eigenvalue weighted by Gasteiger charge is -2.07.